The van der Waals surface area contributed by atoms with Gasteiger partial charge in [-0.25, -0.2) is 4.98 Å². The molecule has 0 bridgehead atoms. The minimum atomic E-state index is -4.39. The van der Waals surface area contributed by atoms with Crippen molar-refractivity contribution in [3.05, 3.63) is 35.7 Å². The van der Waals surface area contributed by atoms with E-state index in [4.69, 9.17) is 0 Å². The lowest BCUT2D eigenvalue weighted by Crippen LogP contribution is -2.34. The number of likely N-dealkylation sites (tertiary alicyclic amines) is 1. The van der Waals surface area contributed by atoms with Gasteiger partial charge in [0.15, 0.2) is 5.69 Å². The molecule has 2 aromatic rings. The maximum absolute atomic E-state index is 12.6. The molecule has 1 saturated heterocycles. The molecule has 8 heteroatoms. The number of piperidine rings is 1. The maximum Gasteiger partial charge on any atom is 0.435 e. The molecule has 1 aliphatic heterocycles. The summed E-state index contributed by atoms with van der Waals surface area (Å²) in [4.78, 5) is 9.42. The second-order valence-electron chi connectivity index (χ2n) is 5.32. The highest BCUT2D eigenvalue weighted by Crippen LogP contribution is 2.32. The number of rotatable bonds is 3. The quantitative estimate of drug-likeness (QED) is 0.915. The predicted octanol–water partition coefficient (Wildman–Crippen LogP) is 2.53. The number of imidazole rings is 1. The molecule has 3 heterocycles. The van der Waals surface area contributed by atoms with Crippen LogP contribution >= 0.6 is 0 Å². The van der Waals surface area contributed by atoms with Crippen LogP contribution in [0.3, 0.4) is 0 Å². The molecule has 1 unspecified atom stereocenters. The third-order valence-corrected chi connectivity index (χ3v) is 3.76. The first kappa shape index (κ1) is 14.1. The zero-order chi connectivity index (χ0) is 14.9. The fourth-order valence-electron chi connectivity index (χ4n) is 2.74. The Bertz CT molecular complexity index is 575. The van der Waals surface area contributed by atoms with E-state index in [1.165, 1.54) is 0 Å². The Morgan fingerprint density at radius 1 is 1.38 bits per heavy atom. The molecule has 1 atom stereocenters. The Labute approximate surface area is 119 Å². The number of H-pyrrole nitrogens is 2. The van der Waals surface area contributed by atoms with Gasteiger partial charge in [0.1, 0.15) is 5.82 Å². The summed E-state index contributed by atoms with van der Waals surface area (Å²) in [6.45, 7) is 2.32. The topological polar surface area (TPSA) is 60.6 Å². The zero-order valence-electron chi connectivity index (χ0n) is 11.3. The monoisotopic (exact) mass is 299 g/mol. The molecular formula is C13H16F3N5. The third-order valence-electron chi connectivity index (χ3n) is 3.76. The predicted molar refractivity (Wildman–Crippen MR) is 69.4 cm³/mol. The molecule has 0 amide bonds. The highest BCUT2D eigenvalue weighted by molar-refractivity contribution is 5.16. The number of hydrogen-bond donors (Lipinski definition) is 2. The van der Waals surface area contributed by atoms with Crippen molar-refractivity contribution in [1.82, 2.24) is 25.1 Å². The summed E-state index contributed by atoms with van der Waals surface area (Å²) in [5.74, 6) is 0.925. The second-order valence-corrected chi connectivity index (χ2v) is 5.32. The van der Waals surface area contributed by atoms with Crippen LogP contribution in [-0.4, -0.2) is 38.2 Å². The summed E-state index contributed by atoms with van der Waals surface area (Å²) in [6, 6.07) is 1.13. The van der Waals surface area contributed by atoms with Crippen LogP contribution in [0.4, 0.5) is 13.2 Å². The van der Waals surface area contributed by atoms with Crippen LogP contribution in [0.25, 0.3) is 0 Å². The summed E-state index contributed by atoms with van der Waals surface area (Å²) in [7, 11) is 0. The van der Waals surface area contributed by atoms with E-state index in [1.54, 1.807) is 12.4 Å². The fourth-order valence-corrected chi connectivity index (χ4v) is 2.74. The summed E-state index contributed by atoms with van der Waals surface area (Å²) in [5, 5.41) is 5.92. The fraction of sp³-hybridized carbons (Fsp3) is 0.538. The highest BCUT2D eigenvalue weighted by atomic mass is 19.4. The summed E-state index contributed by atoms with van der Waals surface area (Å²) in [5.41, 5.74) is -0.285. The molecule has 1 aliphatic rings. The number of hydrogen-bond acceptors (Lipinski definition) is 3. The number of aromatic amines is 2. The van der Waals surface area contributed by atoms with E-state index in [0.717, 1.165) is 31.3 Å². The molecule has 0 radical (unpaired) electrons. The molecule has 2 aromatic heterocycles. The molecule has 5 nitrogen and oxygen atoms in total. The van der Waals surface area contributed by atoms with Crippen LogP contribution in [-0.2, 0) is 12.7 Å². The number of aromatic nitrogens is 4. The number of nitrogens with zero attached hydrogens (tertiary/aromatic N) is 3. The van der Waals surface area contributed by atoms with Crippen LogP contribution in [0.15, 0.2) is 18.5 Å². The van der Waals surface area contributed by atoms with E-state index < -0.39 is 11.9 Å². The Hall–Kier alpha value is -1.83. The van der Waals surface area contributed by atoms with Crippen LogP contribution in [0, 0.1) is 0 Å². The van der Waals surface area contributed by atoms with Crippen molar-refractivity contribution in [2.75, 3.05) is 13.1 Å². The Morgan fingerprint density at radius 2 is 2.24 bits per heavy atom. The van der Waals surface area contributed by atoms with E-state index in [-0.39, 0.29) is 5.92 Å². The molecule has 0 spiro atoms. The van der Waals surface area contributed by atoms with Crippen LogP contribution in [0.1, 0.15) is 36.0 Å². The van der Waals surface area contributed by atoms with Gasteiger partial charge in [0.2, 0.25) is 0 Å². The van der Waals surface area contributed by atoms with Gasteiger partial charge in [0, 0.05) is 30.6 Å². The average Bonchev–Trinajstić information content (AvgIpc) is 3.09. The Morgan fingerprint density at radius 3 is 2.90 bits per heavy atom. The van der Waals surface area contributed by atoms with Gasteiger partial charge >= 0.3 is 6.18 Å². The minimum absolute atomic E-state index is 0.0531. The largest absolute Gasteiger partial charge is 0.435 e. The SMILES string of the molecule is FC(F)(F)c1cc(C2CCCN(Cc3ncc[nH]3)C2)[nH]n1. The van der Waals surface area contributed by atoms with Crippen molar-refractivity contribution in [3.8, 4) is 0 Å². The van der Waals surface area contributed by atoms with Gasteiger partial charge in [-0.3, -0.25) is 10.00 Å². The highest BCUT2D eigenvalue weighted by Gasteiger charge is 2.35. The van der Waals surface area contributed by atoms with Gasteiger partial charge in [-0.15, -0.1) is 0 Å². The van der Waals surface area contributed by atoms with Crippen molar-refractivity contribution < 1.29 is 13.2 Å². The van der Waals surface area contributed by atoms with Crippen molar-refractivity contribution in [3.63, 3.8) is 0 Å². The molecule has 2 N–H and O–H groups in total. The average molecular weight is 299 g/mol. The zero-order valence-corrected chi connectivity index (χ0v) is 11.3. The third kappa shape index (κ3) is 3.26. The first-order chi connectivity index (χ1) is 10.0. The second kappa shape index (κ2) is 5.51. The van der Waals surface area contributed by atoms with E-state index in [1.807, 2.05) is 0 Å². The van der Waals surface area contributed by atoms with Gasteiger partial charge in [0.25, 0.3) is 0 Å². The van der Waals surface area contributed by atoms with Crippen molar-refractivity contribution in [2.24, 2.45) is 0 Å². The maximum atomic E-state index is 12.6. The van der Waals surface area contributed by atoms with Gasteiger partial charge in [-0.1, -0.05) is 0 Å². The summed E-state index contributed by atoms with van der Waals surface area (Å²) in [6.07, 6.45) is 0.889. The van der Waals surface area contributed by atoms with Gasteiger partial charge in [-0.05, 0) is 25.5 Å². The summed E-state index contributed by atoms with van der Waals surface area (Å²) >= 11 is 0. The standard InChI is InChI=1S/C13H16F3N5/c14-13(15,16)11-6-10(19-20-11)9-2-1-5-21(7-9)8-12-17-3-4-18-12/h3-4,6,9H,1-2,5,7-8H2,(H,17,18)(H,19,20). The molecule has 21 heavy (non-hydrogen) atoms. The summed E-state index contributed by atoms with van der Waals surface area (Å²) < 4.78 is 37.8. The lowest BCUT2D eigenvalue weighted by atomic mass is 9.94. The van der Waals surface area contributed by atoms with Gasteiger partial charge in [-0.2, -0.15) is 18.3 Å². The van der Waals surface area contributed by atoms with Gasteiger partial charge in [0.05, 0.1) is 6.54 Å². The Balaban J connectivity index is 1.67. The number of halogens is 3. The van der Waals surface area contributed by atoms with Crippen molar-refractivity contribution >= 4 is 0 Å². The van der Waals surface area contributed by atoms with E-state index in [0.29, 0.717) is 18.8 Å². The minimum Gasteiger partial charge on any atom is -0.348 e. The number of alkyl halides is 3. The van der Waals surface area contributed by atoms with Crippen LogP contribution < -0.4 is 0 Å². The lowest BCUT2D eigenvalue weighted by molar-refractivity contribution is -0.141. The van der Waals surface area contributed by atoms with E-state index in [9.17, 15) is 13.2 Å². The van der Waals surface area contributed by atoms with Crippen LogP contribution in [0.2, 0.25) is 0 Å². The van der Waals surface area contributed by atoms with E-state index in [2.05, 4.69) is 25.1 Å². The van der Waals surface area contributed by atoms with Crippen molar-refractivity contribution in [2.45, 2.75) is 31.5 Å². The lowest BCUT2D eigenvalue weighted by Gasteiger charge is -2.31. The molecule has 1 fully saturated rings. The Kier molecular flexibility index (Phi) is 3.71. The molecule has 0 aromatic carbocycles. The molecular weight excluding hydrogens is 283 g/mol. The van der Waals surface area contributed by atoms with E-state index >= 15 is 0 Å². The molecule has 0 saturated carbocycles. The van der Waals surface area contributed by atoms with Crippen molar-refractivity contribution in [1.29, 1.82) is 0 Å². The normalized spacial score (nSPS) is 20.8. The first-order valence-electron chi connectivity index (χ1n) is 6.85. The van der Waals surface area contributed by atoms with Crippen LogP contribution in [0.5, 0.6) is 0 Å². The smallest absolute Gasteiger partial charge is 0.348 e. The molecule has 0 aliphatic carbocycles. The number of nitrogens with one attached hydrogen (secondary N) is 2. The first-order valence-corrected chi connectivity index (χ1v) is 6.85. The van der Waals surface area contributed by atoms with Gasteiger partial charge < -0.3 is 4.98 Å². The molecule has 3 rings (SSSR count). The molecule has 114 valence electrons.